The zero-order valence-corrected chi connectivity index (χ0v) is 16.3. The fourth-order valence-electron chi connectivity index (χ4n) is 2.91. The van der Waals surface area contributed by atoms with Gasteiger partial charge in [-0.3, -0.25) is 0 Å². The molecule has 4 aromatic rings. The zero-order valence-electron chi connectivity index (χ0n) is 15.6. The highest BCUT2D eigenvalue weighted by atomic mass is 35.5. The molecule has 11 heteroatoms. The van der Waals surface area contributed by atoms with Crippen molar-refractivity contribution in [3.8, 4) is 5.82 Å². The van der Waals surface area contributed by atoms with E-state index < -0.39 is 6.03 Å². The predicted molar refractivity (Wildman–Crippen MR) is 107 cm³/mol. The number of carbonyl (C=O) groups is 1. The van der Waals surface area contributed by atoms with Gasteiger partial charge in [-0.1, -0.05) is 11.6 Å². The van der Waals surface area contributed by atoms with Crippen LogP contribution >= 0.6 is 11.6 Å². The van der Waals surface area contributed by atoms with Crippen molar-refractivity contribution in [3.63, 3.8) is 0 Å². The maximum atomic E-state index is 12.5. The fraction of sp³-hybridized carbons (Fsp3) is 0.167. The van der Waals surface area contributed by atoms with Crippen molar-refractivity contribution < 1.29 is 9.53 Å². The summed E-state index contributed by atoms with van der Waals surface area (Å²) in [6.45, 7) is 1.90. The molecule has 29 heavy (non-hydrogen) atoms. The van der Waals surface area contributed by atoms with Gasteiger partial charge < -0.3 is 15.4 Å². The van der Waals surface area contributed by atoms with Gasteiger partial charge in [-0.25, -0.2) is 14.3 Å². The molecule has 4 rings (SSSR count). The van der Waals surface area contributed by atoms with Crippen molar-refractivity contribution in [2.24, 2.45) is 0 Å². The van der Waals surface area contributed by atoms with Crippen LogP contribution < -0.4 is 10.6 Å². The maximum absolute atomic E-state index is 12.5. The monoisotopic (exact) mass is 412 g/mol. The van der Waals surface area contributed by atoms with Gasteiger partial charge in [0, 0.05) is 18.9 Å². The third-order valence-corrected chi connectivity index (χ3v) is 4.58. The molecule has 0 aliphatic rings. The van der Waals surface area contributed by atoms with Crippen LogP contribution in [0.3, 0.4) is 0 Å². The van der Waals surface area contributed by atoms with Crippen LogP contribution in [0.4, 0.5) is 16.2 Å². The van der Waals surface area contributed by atoms with Crippen LogP contribution in [-0.2, 0) is 4.74 Å². The number of fused-ring (bicyclic) bond motifs is 1. The van der Waals surface area contributed by atoms with E-state index in [1.165, 1.54) is 23.4 Å². The van der Waals surface area contributed by atoms with Gasteiger partial charge in [-0.2, -0.15) is 15.3 Å². The van der Waals surface area contributed by atoms with E-state index in [0.29, 0.717) is 22.2 Å². The van der Waals surface area contributed by atoms with Crippen LogP contribution in [0, 0.1) is 0 Å². The number of amides is 2. The van der Waals surface area contributed by atoms with Crippen molar-refractivity contribution in [1.29, 1.82) is 0 Å². The van der Waals surface area contributed by atoms with Gasteiger partial charge in [-0.15, -0.1) is 4.80 Å². The van der Waals surface area contributed by atoms with Crippen LogP contribution in [0.15, 0.2) is 49.2 Å². The number of nitrogens with zero attached hydrogens (tertiary/aromatic N) is 6. The Kier molecular flexibility index (Phi) is 5.10. The molecule has 0 aliphatic heterocycles. The summed E-state index contributed by atoms with van der Waals surface area (Å²) in [6.07, 6.45) is 7.67. The average Bonchev–Trinajstić information content (AvgIpc) is 3.39. The highest BCUT2D eigenvalue weighted by Crippen LogP contribution is 2.29. The van der Waals surface area contributed by atoms with E-state index in [2.05, 4.69) is 30.9 Å². The van der Waals surface area contributed by atoms with Gasteiger partial charge in [0.25, 0.3) is 0 Å². The van der Waals surface area contributed by atoms with E-state index in [1.54, 1.807) is 23.9 Å². The quantitative estimate of drug-likeness (QED) is 0.520. The second-order valence-electron chi connectivity index (χ2n) is 6.11. The lowest BCUT2D eigenvalue weighted by atomic mass is 10.1. The summed E-state index contributed by atoms with van der Waals surface area (Å²) in [5.74, 6) is 0.363. The summed E-state index contributed by atoms with van der Waals surface area (Å²) in [4.78, 5) is 18.0. The van der Waals surface area contributed by atoms with E-state index >= 15 is 0 Å². The molecular formula is C18H17ClN8O2. The average molecular weight is 413 g/mol. The van der Waals surface area contributed by atoms with Crippen molar-refractivity contribution in [2.45, 2.75) is 13.0 Å². The van der Waals surface area contributed by atoms with E-state index in [-0.39, 0.29) is 6.10 Å². The zero-order chi connectivity index (χ0) is 20.4. The van der Waals surface area contributed by atoms with E-state index in [1.807, 2.05) is 25.3 Å². The SMILES string of the molecule is CO[C@@H](C)c1c(NC(=O)Nc2cnc(-n3nccn3)c(Cl)c2)cnn2cccc12. The Balaban J connectivity index is 1.55. The first kappa shape index (κ1) is 18.8. The van der Waals surface area contributed by atoms with Gasteiger partial charge in [0.2, 0.25) is 0 Å². The van der Waals surface area contributed by atoms with Gasteiger partial charge in [0.05, 0.1) is 52.8 Å². The minimum absolute atomic E-state index is 0.248. The Bertz CT molecular complexity index is 1160. The normalized spacial score (nSPS) is 12.1. The van der Waals surface area contributed by atoms with E-state index in [0.717, 1.165) is 11.1 Å². The lowest BCUT2D eigenvalue weighted by Crippen LogP contribution is -2.21. The Morgan fingerprint density at radius 1 is 1.21 bits per heavy atom. The summed E-state index contributed by atoms with van der Waals surface area (Å²) in [5, 5.41) is 18.1. The molecule has 0 saturated carbocycles. The number of pyridine rings is 1. The van der Waals surface area contributed by atoms with Gasteiger partial charge in [0.15, 0.2) is 5.82 Å². The van der Waals surface area contributed by atoms with Crippen LogP contribution in [0.2, 0.25) is 5.02 Å². The number of methoxy groups -OCH3 is 1. The number of rotatable bonds is 5. The Hall–Kier alpha value is -3.50. The number of anilines is 2. The van der Waals surface area contributed by atoms with Crippen LogP contribution in [0.5, 0.6) is 0 Å². The molecule has 0 radical (unpaired) electrons. The number of hydrogen-bond acceptors (Lipinski definition) is 6. The van der Waals surface area contributed by atoms with Crippen molar-refractivity contribution in [2.75, 3.05) is 17.7 Å². The van der Waals surface area contributed by atoms with E-state index in [9.17, 15) is 4.79 Å². The Morgan fingerprint density at radius 3 is 2.72 bits per heavy atom. The molecule has 148 valence electrons. The topological polar surface area (TPSA) is 111 Å². The summed E-state index contributed by atoms with van der Waals surface area (Å²) < 4.78 is 7.19. The number of aromatic nitrogens is 6. The minimum Gasteiger partial charge on any atom is -0.377 e. The summed E-state index contributed by atoms with van der Waals surface area (Å²) >= 11 is 6.24. The van der Waals surface area contributed by atoms with Crippen LogP contribution in [0.25, 0.3) is 11.3 Å². The van der Waals surface area contributed by atoms with Gasteiger partial charge in [-0.05, 0) is 25.1 Å². The number of ether oxygens (including phenoxy) is 1. The molecular weight excluding hydrogens is 396 g/mol. The van der Waals surface area contributed by atoms with Gasteiger partial charge >= 0.3 is 6.03 Å². The highest BCUT2D eigenvalue weighted by molar-refractivity contribution is 6.32. The Morgan fingerprint density at radius 2 is 2.00 bits per heavy atom. The van der Waals surface area contributed by atoms with Crippen molar-refractivity contribution in [1.82, 2.24) is 29.6 Å². The first-order chi connectivity index (χ1) is 14.1. The fourth-order valence-corrected chi connectivity index (χ4v) is 3.16. The number of carbonyl (C=O) groups excluding carboxylic acids is 1. The van der Waals surface area contributed by atoms with Crippen LogP contribution in [-0.4, -0.2) is 42.7 Å². The number of hydrogen-bond donors (Lipinski definition) is 2. The molecule has 0 fully saturated rings. The number of nitrogens with one attached hydrogen (secondary N) is 2. The smallest absolute Gasteiger partial charge is 0.323 e. The molecule has 4 aromatic heterocycles. The number of urea groups is 1. The highest BCUT2D eigenvalue weighted by Gasteiger charge is 2.17. The molecule has 2 N–H and O–H groups in total. The second kappa shape index (κ2) is 7.86. The van der Waals surface area contributed by atoms with Crippen molar-refractivity contribution in [3.05, 3.63) is 59.8 Å². The van der Waals surface area contributed by atoms with Crippen molar-refractivity contribution >= 4 is 34.5 Å². The summed E-state index contributed by atoms with van der Waals surface area (Å²) in [6, 6.07) is 4.89. The summed E-state index contributed by atoms with van der Waals surface area (Å²) in [7, 11) is 1.61. The molecule has 1 atom stereocenters. The first-order valence-electron chi connectivity index (χ1n) is 8.66. The lowest BCUT2D eigenvalue weighted by Gasteiger charge is -2.17. The Labute approximate surface area is 170 Å². The maximum Gasteiger partial charge on any atom is 0.323 e. The molecule has 0 saturated heterocycles. The molecule has 0 spiro atoms. The number of halogens is 1. The largest absolute Gasteiger partial charge is 0.377 e. The molecule has 2 amide bonds. The standard InChI is InChI=1S/C18H17ClN8O2/c1-11(29-2)16-14(10-23-26-7-3-4-15(16)26)25-18(28)24-12-8-13(19)17(20-9-12)27-21-5-6-22-27/h3-11H,1-2H3,(H2,24,25,28)/t11-/m0/s1. The molecule has 0 aliphatic carbocycles. The van der Waals surface area contributed by atoms with Crippen LogP contribution in [0.1, 0.15) is 18.6 Å². The lowest BCUT2D eigenvalue weighted by molar-refractivity contribution is 0.121. The second-order valence-corrected chi connectivity index (χ2v) is 6.52. The first-order valence-corrected chi connectivity index (χ1v) is 9.04. The molecule has 0 unspecified atom stereocenters. The summed E-state index contributed by atoms with van der Waals surface area (Å²) in [5.41, 5.74) is 2.62. The third kappa shape index (κ3) is 3.75. The molecule has 0 aromatic carbocycles. The molecule has 10 nitrogen and oxygen atoms in total. The third-order valence-electron chi connectivity index (χ3n) is 4.30. The molecule has 0 bridgehead atoms. The minimum atomic E-state index is -0.463. The predicted octanol–water partition coefficient (Wildman–Crippen LogP) is 3.31. The van der Waals surface area contributed by atoms with Gasteiger partial charge in [0.1, 0.15) is 0 Å². The molecule has 4 heterocycles. The van der Waals surface area contributed by atoms with E-state index in [4.69, 9.17) is 16.3 Å².